The summed E-state index contributed by atoms with van der Waals surface area (Å²) in [6.45, 7) is 2.19. The van der Waals surface area contributed by atoms with Gasteiger partial charge in [0.25, 0.3) is 0 Å². The Morgan fingerprint density at radius 3 is 2.29 bits per heavy atom. The maximum Gasteiger partial charge on any atom is 0.0437 e. The molecule has 0 spiro atoms. The average molecular weight is 187 g/mol. The molecular weight excluding hydrogens is 170 g/mol. The van der Waals surface area contributed by atoms with Crippen LogP contribution in [0.2, 0.25) is 0 Å². The Bertz CT molecular complexity index is 455. The summed E-state index contributed by atoms with van der Waals surface area (Å²) in [5, 5.41) is 2.85. The number of benzene rings is 1. The third-order valence-electron chi connectivity index (χ3n) is 2.83. The molecule has 0 bridgehead atoms. The molecule has 1 aliphatic rings. The first kappa shape index (κ1) is 9.32. The first-order valence-corrected chi connectivity index (χ1v) is 5.17. The minimum atomic E-state index is 1.18. The fraction of sp³-hybridized carbons (Fsp3) is 0.385. The third kappa shape index (κ3) is 1.43. The Morgan fingerprint density at radius 1 is 1.00 bits per heavy atom. The van der Waals surface area contributed by atoms with E-state index in [1.165, 1.54) is 34.5 Å². The van der Waals surface area contributed by atoms with Crippen molar-refractivity contribution >= 4 is 17.8 Å². The van der Waals surface area contributed by atoms with Crippen molar-refractivity contribution in [1.82, 2.24) is 0 Å². The van der Waals surface area contributed by atoms with Crippen LogP contribution >= 0.6 is 0 Å². The van der Waals surface area contributed by atoms with E-state index in [-0.39, 0.29) is 0 Å². The second-order valence-electron chi connectivity index (χ2n) is 4.11. The Kier molecular flexibility index (Phi) is 2.32. The summed E-state index contributed by atoms with van der Waals surface area (Å²) in [6.07, 6.45) is 7.08. The predicted molar refractivity (Wildman–Crippen MR) is 62.9 cm³/mol. The lowest BCUT2D eigenvalue weighted by molar-refractivity contribution is 1.07. The molecule has 0 N–H and O–H groups in total. The molecule has 0 fully saturated rings. The summed E-state index contributed by atoms with van der Waals surface area (Å²) >= 11 is 0. The number of nitrogens with zero attached hydrogens (tertiary/aromatic N) is 1. The summed E-state index contributed by atoms with van der Waals surface area (Å²) in [5.41, 5.74) is 2.73. The van der Waals surface area contributed by atoms with Crippen molar-refractivity contribution in [2.45, 2.75) is 19.8 Å². The Hall–Kier alpha value is -1.24. The highest BCUT2D eigenvalue weighted by atomic mass is 15.1. The first-order chi connectivity index (χ1) is 6.70. The second kappa shape index (κ2) is 3.49. The zero-order chi connectivity index (χ0) is 10.1. The molecule has 0 aromatic heterocycles. The maximum absolute atomic E-state index is 2.36. The monoisotopic (exact) mass is 187 g/mol. The van der Waals surface area contributed by atoms with Crippen LogP contribution in [0, 0.1) is 6.92 Å². The standard InChI is InChI=1S/C13H17N/c1-10-8-9-13(14(2)3)12-7-5-4-6-11(10)12/h6-9H,4-5H2,1-3H3. The van der Waals surface area contributed by atoms with E-state index in [2.05, 4.69) is 50.2 Å². The van der Waals surface area contributed by atoms with Crippen LogP contribution < -0.4 is 15.3 Å². The number of hydrogen-bond acceptors (Lipinski definition) is 1. The predicted octanol–water partition coefficient (Wildman–Crippen LogP) is 1.42. The molecule has 2 rings (SSSR count). The average Bonchev–Trinajstić information content (AvgIpc) is 2.18. The molecule has 0 radical (unpaired) electrons. The third-order valence-corrected chi connectivity index (χ3v) is 2.83. The number of aryl methyl sites for hydroxylation is 1. The lowest BCUT2D eigenvalue weighted by Gasteiger charge is -2.16. The first-order valence-electron chi connectivity index (χ1n) is 5.17. The van der Waals surface area contributed by atoms with E-state index in [1.54, 1.807) is 0 Å². The SMILES string of the molecule is Cc1ccc(N(C)C)c2c1=CCCC=2. The van der Waals surface area contributed by atoms with Gasteiger partial charge in [-0.3, -0.25) is 0 Å². The fourth-order valence-electron chi connectivity index (χ4n) is 2.06. The summed E-state index contributed by atoms with van der Waals surface area (Å²) < 4.78 is 0. The smallest absolute Gasteiger partial charge is 0.0437 e. The minimum Gasteiger partial charge on any atom is -0.377 e. The fourth-order valence-corrected chi connectivity index (χ4v) is 2.06. The highest BCUT2D eigenvalue weighted by molar-refractivity contribution is 5.56. The molecule has 0 amide bonds. The molecular formula is C13H17N. The van der Waals surface area contributed by atoms with Crippen LogP contribution in [-0.4, -0.2) is 14.1 Å². The summed E-state index contributed by atoms with van der Waals surface area (Å²) in [6, 6.07) is 4.42. The molecule has 0 unspecified atom stereocenters. The van der Waals surface area contributed by atoms with Gasteiger partial charge in [0.15, 0.2) is 0 Å². The van der Waals surface area contributed by atoms with E-state index in [1.807, 2.05) is 0 Å². The van der Waals surface area contributed by atoms with E-state index in [0.29, 0.717) is 0 Å². The largest absolute Gasteiger partial charge is 0.377 e. The minimum absolute atomic E-state index is 1.18. The van der Waals surface area contributed by atoms with E-state index < -0.39 is 0 Å². The van der Waals surface area contributed by atoms with Crippen LogP contribution in [0.3, 0.4) is 0 Å². The van der Waals surface area contributed by atoms with Gasteiger partial charge in [0.2, 0.25) is 0 Å². The van der Waals surface area contributed by atoms with Gasteiger partial charge in [-0.05, 0) is 36.6 Å². The Morgan fingerprint density at radius 2 is 1.64 bits per heavy atom. The van der Waals surface area contributed by atoms with Gasteiger partial charge >= 0.3 is 0 Å². The van der Waals surface area contributed by atoms with E-state index >= 15 is 0 Å². The van der Waals surface area contributed by atoms with Crippen molar-refractivity contribution in [3.63, 3.8) is 0 Å². The molecule has 0 heterocycles. The van der Waals surface area contributed by atoms with Gasteiger partial charge in [0.05, 0.1) is 0 Å². The summed E-state index contributed by atoms with van der Waals surface area (Å²) in [5.74, 6) is 0. The van der Waals surface area contributed by atoms with E-state index in [0.717, 1.165) is 0 Å². The molecule has 1 aromatic rings. The maximum atomic E-state index is 2.36. The van der Waals surface area contributed by atoms with Crippen LogP contribution in [0.25, 0.3) is 12.2 Å². The van der Waals surface area contributed by atoms with Gasteiger partial charge in [-0.2, -0.15) is 0 Å². The van der Waals surface area contributed by atoms with Gasteiger partial charge in [-0.15, -0.1) is 0 Å². The van der Waals surface area contributed by atoms with Crippen LogP contribution in [-0.2, 0) is 0 Å². The van der Waals surface area contributed by atoms with Gasteiger partial charge < -0.3 is 4.90 Å². The van der Waals surface area contributed by atoms with Crippen molar-refractivity contribution in [3.8, 4) is 0 Å². The number of rotatable bonds is 1. The van der Waals surface area contributed by atoms with Crippen LogP contribution in [0.5, 0.6) is 0 Å². The zero-order valence-corrected chi connectivity index (χ0v) is 9.17. The summed E-state index contributed by atoms with van der Waals surface area (Å²) in [4.78, 5) is 2.19. The Balaban J connectivity index is 2.80. The zero-order valence-electron chi connectivity index (χ0n) is 9.17. The summed E-state index contributed by atoms with van der Waals surface area (Å²) in [7, 11) is 4.21. The molecule has 0 atom stereocenters. The topological polar surface area (TPSA) is 3.24 Å². The van der Waals surface area contributed by atoms with Crippen LogP contribution in [0.15, 0.2) is 12.1 Å². The van der Waals surface area contributed by atoms with E-state index in [4.69, 9.17) is 0 Å². The van der Waals surface area contributed by atoms with Crippen LogP contribution in [0.4, 0.5) is 5.69 Å². The molecule has 1 aliphatic carbocycles. The lowest BCUT2D eigenvalue weighted by Crippen LogP contribution is -2.34. The van der Waals surface area contributed by atoms with E-state index in [9.17, 15) is 0 Å². The van der Waals surface area contributed by atoms with Crippen molar-refractivity contribution in [2.24, 2.45) is 0 Å². The van der Waals surface area contributed by atoms with Gasteiger partial charge in [-0.25, -0.2) is 0 Å². The molecule has 74 valence electrons. The highest BCUT2D eigenvalue weighted by Crippen LogP contribution is 2.06. The number of hydrogen-bond donors (Lipinski definition) is 0. The molecule has 1 heteroatoms. The van der Waals surface area contributed by atoms with Crippen molar-refractivity contribution in [1.29, 1.82) is 0 Å². The van der Waals surface area contributed by atoms with Crippen molar-refractivity contribution < 1.29 is 0 Å². The Labute approximate surface area is 85.4 Å². The van der Waals surface area contributed by atoms with Crippen molar-refractivity contribution in [2.75, 3.05) is 19.0 Å². The highest BCUT2D eigenvalue weighted by Gasteiger charge is 2.03. The quantitative estimate of drug-likeness (QED) is 0.642. The van der Waals surface area contributed by atoms with Gasteiger partial charge in [0, 0.05) is 25.0 Å². The number of anilines is 1. The lowest BCUT2D eigenvalue weighted by atomic mass is 10.0. The molecule has 0 aliphatic heterocycles. The molecule has 0 saturated heterocycles. The molecule has 14 heavy (non-hydrogen) atoms. The molecule has 1 nitrogen and oxygen atoms in total. The van der Waals surface area contributed by atoms with Gasteiger partial charge in [0.1, 0.15) is 0 Å². The normalized spacial score (nSPS) is 13.9. The van der Waals surface area contributed by atoms with Gasteiger partial charge in [-0.1, -0.05) is 18.2 Å². The molecule has 0 saturated carbocycles. The van der Waals surface area contributed by atoms with Crippen molar-refractivity contribution in [3.05, 3.63) is 28.1 Å². The van der Waals surface area contributed by atoms with Crippen LogP contribution in [0.1, 0.15) is 18.4 Å². The second-order valence-corrected chi connectivity index (χ2v) is 4.11. The molecule has 1 aromatic carbocycles. The number of fused-ring (bicyclic) bond motifs is 1.